The molecule has 0 fully saturated rings. The highest BCUT2D eigenvalue weighted by Gasteiger charge is 2.03. The molecule has 2 heterocycles. The van der Waals surface area contributed by atoms with Crippen molar-refractivity contribution in [1.82, 2.24) is 4.98 Å². The first kappa shape index (κ1) is 12.1. The van der Waals surface area contributed by atoms with Gasteiger partial charge >= 0.3 is 0 Å². The molecule has 0 saturated carbocycles. The fourth-order valence-corrected chi connectivity index (χ4v) is 2.98. The maximum atomic E-state index is 4.49. The summed E-state index contributed by atoms with van der Waals surface area (Å²) in [5.74, 6) is 0. The molecule has 3 aromatic rings. The van der Waals surface area contributed by atoms with Crippen molar-refractivity contribution >= 4 is 34.0 Å². The Morgan fingerprint density at radius 2 is 1.95 bits per heavy atom. The summed E-state index contributed by atoms with van der Waals surface area (Å²) < 4.78 is 0. The van der Waals surface area contributed by atoms with Gasteiger partial charge in [0.15, 0.2) is 0 Å². The summed E-state index contributed by atoms with van der Waals surface area (Å²) in [7, 11) is 0. The molecule has 0 radical (unpaired) electrons. The van der Waals surface area contributed by atoms with Gasteiger partial charge < -0.3 is 0 Å². The number of hydrogen-bond acceptors (Lipinski definition) is 5. The highest BCUT2D eigenvalue weighted by molar-refractivity contribution is 7.15. The molecular weight excluding hydrogens is 274 g/mol. The van der Waals surface area contributed by atoms with Gasteiger partial charge in [-0.2, -0.15) is 5.10 Å². The first-order valence-electron chi connectivity index (χ1n) is 5.75. The smallest absolute Gasteiger partial charge is 0.203 e. The molecule has 0 spiro atoms. The van der Waals surface area contributed by atoms with E-state index in [0.29, 0.717) is 0 Å². The van der Waals surface area contributed by atoms with Crippen molar-refractivity contribution < 1.29 is 0 Å². The number of benzene rings is 1. The van der Waals surface area contributed by atoms with E-state index in [0.717, 1.165) is 16.4 Å². The molecule has 0 aliphatic heterocycles. The number of anilines is 1. The molecule has 19 heavy (non-hydrogen) atoms. The Labute approximate surface area is 119 Å². The second kappa shape index (κ2) is 5.77. The first-order valence-corrected chi connectivity index (χ1v) is 7.51. The van der Waals surface area contributed by atoms with Crippen LogP contribution in [0.15, 0.2) is 58.3 Å². The lowest BCUT2D eigenvalue weighted by molar-refractivity contribution is 1.29. The largest absolute Gasteiger partial charge is 0.253 e. The van der Waals surface area contributed by atoms with E-state index in [1.807, 2.05) is 41.8 Å². The van der Waals surface area contributed by atoms with Crippen molar-refractivity contribution in [2.45, 2.75) is 0 Å². The minimum atomic E-state index is 0.801. The average Bonchev–Trinajstić information content (AvgIpc) is 3.10. The van der Waals surface area contributed by atoms with Gasteiger partial charge in [0.2, 0.25) is 5.13 Å². The Kier molecular flexibility index (Phi) is 3.67. The molecule has 0 aliphatic rings. The minimum Gasteiger partial charge on any atom is -0.253 e. The van der Waals surface area contributed by atoms with E-state index in [1.165, 1.54) is 4.88 Å². The molecule has 3 nitrogen and oxygen atoms in total. The minimum absolute atomic E-state index is 0.801. The Morgan fingerprint density at radius 1 is 1.05 bits per heavy atom. The lowest BCUT2D eigenvalue weighted by Gasteiger charge is -1.93. The predicted octanol–water partition coefficient (Wildman–Crippen LogP) is 4.32. The van der Waals surface area contributed by atoms with Crippen LogP contribution >= 0.6 is 22.7 Å². The number of nitrogens with zero attached hydrogens (tertiary/aromatic N) is 2. The van der Waals surface area contributed by atoms with Crippen molar-refractivity contribution in [2.75, 3.05) is 5.43 Å². The lowest BCUT2D eigenvalue weighted by atomic mass is 10.2. The fraction of sp³-hybridized carbons (Fsp3) is 0. The van der Waals surface area contributed by atoms with E-state index in [2.05, 4.69) is 27.0 Å². The normalized spacial score (nSPS) is 10.9. The van der Waals surface area contributed by atoms with Gasteiger partial charge in [0.1, 0.15) is 0 Å². The maximum absolute atomic E-state index is 4.49. The van der Waals surface area contributed by atoms with Gasteiger partial charge in [-0.3, -0.25) is 5.43 Å². The zero-order valence-electron chi connectivity index (χ0n) is 9.98. The average molecular weight is 285 g/mol. The van der Waals surface area contributed by atoms with E-state index >= 15 is 0 Å². The van der Waals surface area contributed by atoms with Crippen LogP contribution in [0.5, 0.6) is 0 Å². The van der Waals surface area contributed by atoms with Crippen LogP contribution in [0.1, 0.15) is 5.56 Å². The SMILES string of the molecule is C(=N/Nc1nc(-c2cccs2)cs1)/c1ccccc1. The van der Waals surface area contributed by atoms with Crippen LogP contribution in [0.2, 0.25) is 0 Å². The second-order valence-electron chi connectivity index (χ2n) is 3.80. The maximum Gasteiger partial charge on any atom is 0.203 e. The number of rotatable bonds is 4. The molecular formula is C14H11N3S2. The number of thiazole rings is 1. The summed E-state index contributed by atoms with van der Waals surface area (Å²) in [6.07, 6.45) is 1.78. The number of aromatic nitrogens is 1. The zero-order valence-corrected chi connectivity index (χ0v) is 11.6. The monoisotopic (exact) mass is 285 g/mol. The molecule has 1 N–H and O–H groups in total. The van der Waals surface area contributed by atoms with Crippen LogP contribution in [0.4, 0.5) is 5.13 Å². The van der Waals surface area contributed by atoms with Crippen LogP contribution in [-0.2, 0) is 0 Å². The van der Waals surface area contributed by atoms with Gasteiger partial charge in [0.05, 0.1) is 16.8 Å². The topological polar surface area (TPSA) is 37.3 Å². The summed E-state index contributed by atoms with van der Waals surface area (Å²) in [6, 6.07) is 14.1. The Bertz CT molecular complexity index is 657. The number of hydrogen-bond donors (Lipinski definition) is 1. The van der Waals surface area contributed by atoms with E-state index in [9.17, 15) is 0 Å². The van der Waals surface area contributed by atoms with Crippen LogP contribution in [0.25, 0.3) is 10.6 Å². The zero-order chi connectivity index (χ0) is 12.9. The number of thiophene rings is 1. The van der Waals surface area contributed by atoms with Gasteiger partial charge in [-0.25, -0.2) is 4.98 Å². The molecule has 94 valence electrons. The molecule has 0 saturated heterocycles. The quantitative estimate of drug-likeness (QED) is 0.572. The molecule has 1 aromatic carbocycles. The third-order valence-electron chi connectivity index (χ3n) is 2.45. The molecule has 3 rings (SSSR count). The summed E-state index contributed by atoms with van der Waals surface area (Å²) >= 11 is 3.24. The van der Waals surface area contributed by atoms with Crippen molar-refractivity contribution in [3.05, 3.63) is 58.8 Å². The van der Waals surface area contributed by atoms with Crippen molar-refractivity contribution in [1.29, 1.82) is 0 Å². The van der Waals surface area contributed by atoms with Gasteiger partial charge in [-0.05, 0) is 17.0 Å². The predicted molar refractivity (Wildman–Crippen MR) is 83.1 cm³/mol. The highest BCUT2D eigenvalue weighted by atomic mass is 32.1. The van der Waals surface area contributed by atoms with E-state index < -0.39 is 0 Å². The molecule has 0 amide bonds. The summed E-state index contributed by atoms with van der Waals surface area (Å²) in [5, 5.41) is 9.07. The van der Waals surface area contributed by atoms with E-state index in [4.69, 9.17) is 0 Å². The van der Waals surface area contributed by atoms with Crippen LogP contribution in [-0.4, -0.2) is 11.2 Å². The van der Waals surface area contributed by atoms with Gasteiger partial charge in [0.25, 0.3) is 0 Å². The standard InChI is InChI=1S/C14H11N3S2/c1-2-5-11(6-3-1)9-15-17-14-16-12(10-19-14)13-7-4-8-18-13/h1-10H,(H,16,17)/b15-9-. The first-order chi connectivity index (χ1) is 9.42. The third kappa shape index (κ3) is 3.07. The van der Waals surface area contributed by atoms with E-state index in [-0.39, 0.29) is 0 Å². The number of nitrogens with one attached hydrogen (secondary N) is 1. The van der Waals surface area contributed by atoms with E-state index in [1.54, 1.807) is 28.9 Å². The molecule has 0 aliphatic carbocycles. The molecule has 0 bridgehead atoms. The van der Waals surface area contributed by atoms with Crippen LogP contribution in [0.3, 0.4) is 0 Å². The Morgan fingerprint density at radius 3 is 2.74 bits per heavy atom. The molecule has 0 atom stereocenters. The van der Waals surface area contributed by atoms with Crippen molar-refractivity contribution in [3.63, 3.8) is 0 Å². The fourth-order valence-electron chi connectivity index (χ4n) is 1.56. The summed E-state index contributed by atoms with van der Waals surface area (Å²) in [4.78, 5) is 5.67. The van der Waals surface area contributed by atoms with Crippen molar-refractivity contribution in [3.8, 4) is 10.6 Å². The Hall–Kier alpha value is -1.98. The molecule has 0 unspecified atom stereocenters. The van der Waals surface area contributed by atoms with Gasteiger partial charge in [0, 0.05) is 5.38 Å². The second-order valence-corrected chi connectivity index (χ2v) is 5.60. The molecule has 5 heteroatoms. The summed E-state index contributed by atoms with van der Waals surface area (Å²) in [5.41, 5.74) is 5.01. The lowest BCUT2D eigenvalue weighted by Crippen LogP contribution is -1.89. The van der Waals surface area contributed by atoms with Crippen LogP contribution in [0, 0.1) is 0 Å². The summed E-state index contributed by atoms with van der Waals surface area (Å²) in [6.45, 7) is 0. The van der Waals surface area contributed by atoms with Crippen LogP contribution < -0.4 is 5.43 Å². The molecule has 2 aromatic heterocycles. The van der Waals surface area contributed by atoms with Crippen molar-refractivity contribution in [2.24, 2.45) is 5.10 Å². The van der Waals surface area contributed by atoms with Gasteiger partial charge in [-0.1, -0.05) is 36.4 Å². The van der Waals surface area contributed by atoms with Gasteiger partial charge in [-0.15, -0.1) is 22.7 Å². The third-order valence-corrected chi connectivity index (χ3v) is 4.09. The highest BCUT2D eigenvalue weighted by Crippen LogP contribution is 2.28. The number of hydrazone groups is 1. The Balaban J connectivity index is 1.67.